The molecule has 1 N–H and O–H groups in total. The van der Waals surface area contributed by atoms with Gasteiger partial charge >= 0.3 is 0 Å². The van der Waals surface area contributed by atoms with Crippen LogP contribution in [-0.4, -0.2) is 20.3 Å². The highest BCUT2D eigenvalue weighted by molar-refractivity contribution is 7.11. The minimum absolute atomic E-state index is 0.866. The number of nitrogens with zero attached hydrogens (tertiary/aromatic N) is 3. The van der Waals surface area contributed by atoms with Crippen molar-refractivity contribution in [2.75, 3.05) is 11.9 Å². The minimum Gasteiger partial charge on any atom is -0.355 e. The van der Waals surface area contributed by atoms with Gasteiger partial charge in [-0.3, -0.25) is 4.40 Å². The number of hydrogen-bond acceptors (Lipinski definition) is 4. The van der Waals surface area contributed by atoms with Gasteiger partial charge in [0.1, 0.15) is 0 Å². The molecule has 0 aliphatic rings. The third-order valence-electron chi connectivity index (χ3n) is 2.29. The lowest BCUT2D eigenvalue weighted by Crippen LogP contribution is -2.00. The lowest BCUT2D eigenvalue weighted by Gasteiger charge is -1.98. The van der Waals surface area contributed by atoms with Crippen molar-refractivity contribution in [3.8, 4) is 0 Å². The van der Waals surface area contributed by atoms with Gasteiger partial charge in [-0.25, -0.2) is 4.98 Å². The van der Waals surface area contributed by atoms with Crippen molar-refractivity contribution < 1.29 is 0 Å². The van der Waals surface area contributed by atoms with Crippen molar-refractivity contribution in [2.45, 2.75) is 6.92 Å². The predicted octanol–water partition coefficient (Wildman–Crippen LogP) is 2.38. The van der Waals surface area contributed by atoms with Crippen LogP contribution >= 0.6 is 11.5 Å². The molecule has 0 unspecified atom stereocenters. The van der Waals surface area contributed by atoms with Crippen molar-refractivity contribution in [1.29, 1.82) is 0 Å². The summed E-state index contributed by atoms with van der Waals surface area (Å²) in [5.74, 6) is 0.881. The van der Waals surface area contributed by atoms with E-state index in [1.54, 1.807) is 0 Å². The van der Waals surface area contributed by atoms with E-state index >= 15 is 0 Å². The third-order valence-corrected chi connectivity index (χ3v) is 2.99. The van der Waals surface area contributed by atoms with Crippen LogP contribution < -0.4 is 5.32 Å². The maximum atomic E-state index is 4.50. The molecule has 0 amide bonds. The van der Waals surface area contributed by atoms with E-state index in [4.69, 9.17) is 0 Å². The van der Waals surface area contributed by atoms with Gasteiger partial charge in [-0.05, 0) is 19.1 Å². The summed E-state index contributed by atoms with van der Waals surface area (Å²) in [4.78, 5) is 5.43. The summed E-state index contributed by atoms with van der Waals surface area (Å²) in [6.45, 7) is 2.93. The number of fused-ring (bicyclic) bond motifs is 3. The van der Waals surface area contributed by atoms with Gasteiger partial charge in [-0.1, -0.05) is 12.1 Å². The fourth-order valence-corrected chi connectivity index (χ4v) is 2.38. The Morgan fingerprint density at radius 2 is 2.27 bits per heavy atom. The molecular formula is C10H10N4S. The van der Waals surface area contributed by atoms with Gasteiger partial charge in [0.15, 0.2) is 0 Å². The highest BCUT2D eigenvalue weighted by Gasteiger charge is 2.10. The fourth-order valence-electron chi connectivity index (χ4n) is 1.66. The Bertz CT molecular complexity index is 610. The molecule has 0 fully saturated rings. The summed E-state index contributed by atoms with van der Waals surface area (Å²) in [5.41, 5.74) is 2.13. The summed E-state index contributed by atoms with van der Waals surface area (Å²) >= 11 is 1.42. The second-order valence-electron chi connectivity index (χ2n) is 3.26. The van der Waals surface area contributed by atoms with Crippen LogP contribution in [0.4, 0.5) is 5.95 Å². The Morgan fingerprint density at radius 1 is 1.40 bits per heavy atom. The zero-order valence-electron chi connectivity index (χ0n) is 8.27. The van der Waals surface area contributed by atoms with E-state index in [1.807, 2.05) is 18.2 Å². The molecule has 0 saturated heterocycles. The first-order valence-electron chi connectivity index (χ1n) is 4.87. The smallest absolute Gasteiger partial charge is 0.221 e. The van der Waals surface area contributed by atoms with Crippen molar-refractivity contribution in [1.82, 2.24) is 13.8 Å². The zero-order chi connectivity index (χ0) is 10.3. The molecule has 0 spiro atoms. The standard InChI is InChI=1S/C10H10N4S/c1-2-11-9-13-15-10-12-7-5-3-4-6-8(7)14(9)10/h3-6H,2H2,1H3,(H,11,13). The van der Waals surface area contributed by atoms with E-state index in [0.29, 0.717) is 0 Å². The highest BCUT2D eigenvalue weighted by atomic mass is 32.1. The number of imidazole rings is 1. The Labute approximate surface area is 90.7 Å². The largest absolute Gasteiger partial charge is 0.355 e. The summed E-state index contributed by atoms with van der Waals surface area (Å²) in [6, 6.07) is 8.10. The molecule has 0 aliphatic carbocycles. The summed E-state index contributed by atoms with van der Waals surface area (Å²) in [5, 5.41) is 3.23. The Morgan fingerprint density at radius 3 is 3.13 bits per heavy atom. The quantitative estimate of drug-likeness (QED) is 0.718. The van der Waals surface area contributed by atoms with Gasteiger partial charge in [-0.2, -0.15) is 4.37 Å². The number of para-hydroxylation sites is 2. The maximum absolute atomic E-state index is 4.50. The van der Waals surface area contributed by atoms with Gasteiger partial charge in [0, 0.05) is 18.1 Å². The predicted molar refractivity (Wildman–Crippen MR) is 62.5 cm³/mol. The van der Waals surface area contributed by atoms with E-state index in [-0.39, 0.29) is 0 Å². The topological polar surface area (TPSA) is 42.2 Å². The molecule has 0 radical (unpaired) electrons. The molecule has 0 atom stereocenters. The SMILES string of the molecule is CCNc1nsc2nc3ccccc3n12. The molecule has 0 aliphatic heterocycles. The van der Waals surface area contributed by atoms with Crippen LogP contribution in [0.25, 0.3) is 16.0 Å². The fraction of sp³-hybridized carbons (Fsp3) is 0.200. The van der Waals surface area contributed by atoms with Crippen LogP contribution in [0.5, 0.6) is 0 Å². The second kappa shape index (κ2) is 3.20. The van der Waals surface area contributed by atoms with Crippen LogP contribution in [-0.2, 0) is 0 Å². The molecule has 3 rings (SSSR count). The molecule has 2 heterocycles. The van der Waals surface area contributed by atoms with Crippen molar-refractivity contribution >= 4 is 33.5 Å². The van der Waals surface area contributed by atoms with Crippen LogP contribution in [0.15, 0.2) is 24.3 Å². The Hall–Kier alpha value is -1.62. The van der Waals surface area contributed by atoms with E-state index in [1.165, 1.54) is 11.5 Å². The third kappa shape index (κ3) is 1.20. The lowest BCUT2D eigenvalue weighted by molar-refractivity contribution is 1.11. The average Bonchev–Trinajstić information content (AvgIpc) is 2.78. The van der Waals surface area contributed by atoms with Crippen molar-refractivity contribution in [2.24, 2.45) is 0 Å². The molecule has 2 aromatic heterocycles. The van der Waals surface area contributed by atoms with Gasteiger partial charge in [0.2, 0.25) is 10.9 Å². The minimum atomic E-state index is 0.866. The van der Waals surface area contributed by atoms with Gasteiger partial charge in [0.25, 0.3) is 0 Å². The number of hydrogen-bond donors (Lipinski definition) is 1. The van der Waals surface area contributed by atoms with Crippen molar-refractivity contribution in [3.63, 3.8) is 0 Å². The first-order chi connectivity index (χ1) is 7.40. The zero-order valence-corrected chi connectivity index (χ0v) is 9.08. The number of nitrogens with one attached hydrogen (secondary N) is 1. The average molecular weight is 218 g/mol. The van der Waals surface area contributed by atoms with Crippen LogP contribution in [0, 0.1) is 0 Å². The lowest BCUT2D eigenvalue weighted by atomic mass is 10.3. The molecule has 1 aromatic carbocycles. The number of benzene rings is 1. The first-order valence-corrected chi connectivity index (χ1v) is 5.64. The maximum Gasteiger partial charge on any atom is 0.221 e. The van der Waals surface area contributed by atoms with Crippen LogP contribution in [0.1, 0.15) is 6.92 Å². The molecule has 3 aromatic rings. The van der Waals surface area contributed by atoms with Crippen LogP contribution in [0.2, 0.25) is 0 Å². The monoisotopic (exact) mass is 218 g/mol. The second-order valence-corrected chi connectivity index (χ2v) is 3.99. The van der Waals surface area contributed by atoms with E-state index < -0.39 is 0 Å². The van der Waals surface area contributed by atoms with E-state index in [2.05, 4.69) is 32.1 Å². The molecule has 15 heavy (non-hydrogen) atoms. The summed E-state index contributed by atoms with van der Waals surface area (Å²) in [6.07, 6.45) is 0. The Balaban J connectivity index is 2.38. The van der Waals surface area contributed by atoms with Gasteiger partial charge in [-0.15, -0.1) is 0 Å². The molecular weight excluding hydrogens is 208 g/mol. The molecule has 76 valence electrons. The first kappa shape index (κ1) is 8.67. The normalized spacial score (nSPS) is 11.3. The number of anilines is 1. The molecule has 4 nitrogen and oxygen atoms in total. The molecule has 0 bridgehead atoms. The summed E-state index contributed by atoms with van der Waals surface area (Å²) < 4.78 is 6.39. The van der Waals surface area contributed by atoms with Gasteiger partial charge in [0.05, 0.1) is 11.0 Å². The summed E-state index contributed by atoms with van der Waals surface area (Å²) in [7, 11) is 0. The van der Waals surface area contributed by atoms with E-state index in [0.717, 1.165) is 28.5 Å². The number of aromatic nitrogens is 3. The van der Waals surface area contributed by atoms with Gasteiger partial charge < -0.3 is 5.32 Å². The number of rotatable bonds is 2. The van der Waals surface area contributed by atoms with Crippen LogP contribution in [0.3, 0.4) is 0 Å². The Kier molecular flexibility index (Phi) is 1.85. The molecule has 0 saturated carbocycles. The van der Waals surface area contributed by atoms with E-state index in [9.17, 15) is 0 Å². The molecule has 5 heteroatoms. The highest BCUT2D eigenvalue weighted by Crippen LogP contribution is 2.23. The van der Waals surface area contributed by atoms with Crippen molar-refractivity contribution in [3.05, 3.63) is 24.3 Å².